The first-order valence-corrected chi connectivity index (χ1v) is 35.8. The topological polar surface area (TPSA) is 461 Å². The van der Waals surface area contributed by atoms with Crippen LogP contribution in [-0.4, -0.2) is 225 Å². The van der Waals surface area contributed by atoms with Crippen LogP contribution in [0.3, 0.4) is 0 Å². The number of cyclic esters (lactones) is 2. The molecule has 2 aromatic carbocycles. The maximum atomic E-state index is 14.2. The zero-order chi connectivity index (χ0) is 76.5. The van der Waals surface area contributed by atoms with Crippen molar-refractivity contribution < 1.29 is 144 Å². The van der Waals surface area contributed by atoms with E-state index in [1.165, 1.54) is 32.4 Å². The third kappa shape index (κ3) is 29.3. The summed E-state index contributed by atoms with van der Waals surface area (Å²) in [6.45, 7) is 13.4. The van der Waals surface area contributed by atoms with E-state index in [-0.39, 0.29) is 112 Å². The molecule has 2 fully saturated rings. The molecule has 3 heterocycles. The predicted molar refractivity (Wildman–Crippen MR) is 367 cm³/mol. The molecular weight excluding hydrogens is 1420 g/mol. The predicted octanol–water partition coefficient (Wildman–Crippen LogP) is -2.50. The first-order valence-electron chi connectivity index (χ1n) is 33.9. The van der Waals surface area contributed by atoms with Crippen molar-refractivity contribution in [1.82, 2.24) is 42.1 Å². The van der Waals surface area contributed by atoms with Gasteiger partial charge in [-0.1, -0.05) is 95.3 Å². The van der Waals surface area contributed by atoms with Crippen LogP contribution in [-0.2, 0) is 104 Å². The van der Waals surface area contributed by atoms with Gasteiger partial charge >= 0.3 is 47.5 Å². The van der Waals surface area contributed by atoms with E-state index >= 15 is 0 Å². The second kappa shape index (κ2) is 42.9. The van der Waals surface area contributed by atoms with E-state index in [4.69, 9.17) is 44.8 Å². The second-order valence-corrected chi connectivity index (χ2v) is 28.7. The van der Waals surface area contributed by atoms with Gasteiger partial charge in [0.2, 0.25) is 47.3 Å². The van der Waals surface area contributed by atoms with Crippen LogP contribution in [0.2, 0.25) is 5.02 Å². The van der Waals surface area contributed by atoms with Crippen LogP contribution in [0, 0.1) is 23.2 Å². The Morgan fingerprint density at radius 3 is 2.13 bits per heavy atom. The van der Waals surface area contributed by atoms with Gasteiger partial charge in [-0.15, -0.1) is 0 Å². The molecule has 2 aromatic rings. The zero-order valence-electron chi connectivity index (χ0n) is 60.3. The molecule has 8 amide bonds. The number of rotatable bonds is 35. The van der Waals surface area contributed by atoms with Crippen LogP contribution >= 0.6 is 11.6 Å². The summed E-state index contributed by atoms with van der Waals surface area (Å²) in [5.41, 5.74) is 0.528. The van der Waals surface area contributed by atoms with Gasteiger partial charge in [-0.3, -0.25) is 47.9 Å². The third-order valence-corrected chi connectivity index (χ3v) is 18.2. The Labute approximate surface area is 632 Å². The van der Waals surface area contributed by atoms with Gasteiger partial charge in [-0.05, 0) is 73.4 Å². The molecule has 104 heavy (non-hydrogen) atoms. The van der Waals surface area contributed by atoms with Gasteiger partial charge in [0.05, 0.1) is 45.9 Å². The summed E-state index contributed by atoms with van der Waals surface area (Å²) >= 11 is 6.40. The zero-order valence-corrected chi connectivity index (χ0v) is 63.9. The van der Waals surface area contributed by atoms with Gasteiger partial charge in [0.1, 0.15) is 67.1 Å². The van der Waals surface area contributed by atoms with Gasteiger partial charge in [-0.25, -0.2) is 13.2 Å². The van der Waals surface area contributed by atoms with E-state index in [1.54, 1.807) is 77.1 Å². The van der Waals surface area contributed by atoms with Crippen molar-refractivity contribution >= 4 is 86.9 Å². The molecule has 0 aromatic heterocycles. The number of nitrogens with one attached hydrogen (secondary N) is 7. The normalized spacial score (nSPS) is 23.3. The second-order valence-electron chi connectivity index (χ2n) is 26.7. The summed E-state index contributed by atoms with van der Waals surface area (Å²) < 4.78 is 72.0. The average Bonchev–Trinajstić information content (AvgIpc) is 1.21. The maximum Gasteiger partial charge on any atom is 1.00 e. The van der Waals surface area contributed by atoms with E-state index < -0.39 is 204 Å². The standard InChI is InChI=1S/C69H99ClN8O24S.Na/c1-11-30-98-56(84)26-29-78(55(83)24-23-51(79)71-27-31-103(93,94)95)28-25-54(82)77-57(39(4)5)65(90)76-45(20-22-52(80)72-36-50-58(85)59(86)60(87)67(97-10)100-50)63(88)73-35-41-15-18-43(19-16-41)62-61(102-62)40(6)47-13-12-14-53(81)75-46(34-42-17-21-48(96-9)44(70)33-42)64(89)74-37-69(7,8)68(92)101-49(32-38(2)3)66(91)99-47;/h11-12,14-19,21,33,38-40,45-47,49-50,57-62,67,85-87H,1,13,20,22-32,34-37H2,2-10H3,(H,71,79)(H,72,80)(H,73,88)(H,74,89)(H,75,81)(H,76,90)(H,77,82)(H,93,94,95);/q;+1/p-1/b14-12+;/t40-,45-,46+,47-,49-,50+,57-,58+,59-,60+,61+,62+,67+;/m0./s1. The SMILES string of the molecule is C=CCOC(=O)CCN(CCC(=O)N[C@H](C(=O)N[C@@H](CCC(=O)NC[C@H]1O[C@@H](OC)[C@H](O)[C@@H](O)[C@@H]1O)C(=O)NCc1ccc([C@H]2O[C@@H]2[C@@H](C)[C@@H]2C/C=C/C(=O)N[C@H](Cc3ccc(OC)c(Cl)c3)C(=O)NCC(C)(C)C(=O)O[C@@H](CC(C)C)C(=O)O2)cc1)C(C)C)C(=O)CCC(=O)NCCS(=O)(=O)[O-].[Na+]. The summed E-state index contributed by atoms with van der Waals surface area (Å²) in [7, 11) is -1.97. The fourth-order valence-corrected chi connectivity index (χ4v) is 11.6. The van der Waals surface area contributed by atoms with Crippen molar-refractivity contribution in [3.05, 3.63) is 89.0 Å². The molecule has 0 spiro atoms. The number of carbonyl (C=O) groups excluding carboxylic acids is 11. The minimum atomic E-state index is -4.63. The number of aliphatic hydroxyl groups excluding tert-OH is 3. The molecule has 10 N–H and O–H groups in total. The monoisotopic (exact) mass is 1510 g/mol. The third-order valence-electron chi connectivity index (χ3n) is 17.2. The fourth-order valence-electron chi connectivity index (χ4n) is 11.0. The number of amides is 8. The van der Waals surface area contributed by atoms with Crippen LogP contribution in [0.4, 0.5) is 0 Å². The molecule has 13 atom stereocenters. The summed E-state index contributed by atoms with van der Waals surface area (Å²) in [4.78, 5) is 150. The summed E-state index contributed by atoms with van der Waals surface area (Å²) in [6, 6.07) is 7.99. The van der Waals surface area contributed by atoms with Crippen molar-refractivity contribution in [2.45, 2.75) is 186 Å². The van der Waals surface area contributed by atoms with E-state index in [0.29, 0.717) is 22.4 Å². The number of aliphatic hydroxyl groups is 3. The summed E-state index contributed by atoms with van der Waals surface area (Å²) in [6.07, 6.45) is -9.02. The largest absolute Gasteiger partial charge is 1.00 e. The van der Waals surface area contributed by atoms with Gasteiger partial charge in [0, 0.05) is 90.8 Å². The molecule has 0 saturated carbocycles. The number of nitrogens with zero attached hydrogens (tertiary/aromatic N) is 1. The van der Waals surface area contributed by atoms with Gasteiger partial charge in [-0.2, -0.15) is 0 Å². The minimum absolute atomic E-state index is 0. The molecule has 2 saturated heterocycles. The Hall–Kier alpha value is -7.15. The smallest absolute Gasteiger partial charge is 0.748 e. The number of hydrogen-bond acceptors (Lipinski definition) is 24. The number of halogens is 1. The fraction of sp³-hybridized carbons (Fsp3) is 0.609. The molecule has 0 unspecified atom stereocenters. The van der Waals surface area contributed by atoms with Crippen molar-refractivity contribution in [3.8, 4) is 5.75 Å². The van der Waals surface area contributed by atoms with Gasteiger partial charge in [0.25, 0.3) is 0 Å². The first kappa shape index (κ1) is 89.2. The molecule has 35 heteroatoms. The number of ether oxygens (including phenoxy) is 7. The van der Waals surface area contributed by atoms with Gasteiger partial charge in [0.15, 0.2) is 12.4 Å². The molecule has 0 aliphatic carbocycles. The van der Waals surface area contributed by atoms with Crippen molar-refractivity contribution in [1.29, 1.82) is 0 Å². The van der Waals surface area contributed by atoms with E-state index in [1.807, 2.05) is 13.8 Å². The number of carbonyl (C=O) groups is 11. The molecule has 3 aliphatic rings. The van der Waals surface area contributed by atoms with Crippen LogP contribution in [0.15, 0.2) is 67.3 Å². The first-order chi connectivity index (χ1) is 48.5. The summed E-state index contributed by atoms with van der Waals surface area (Å²) in [5.74, 6) is -9.77. The Morgan fingerprint density at radius 1 is 0.827 bits per heavy atom. The average molecular weight is 1510 g/mol. The van der Waals surface area contributed by atoms with E-state index in [9.17, 15) is 81.0 Å². The maximum absolute atomic E-state index is 14.2. The number of epoxide rings is 1. The summed E-state index contributed by atoms with van der Waals surface area (Å²) in [5, 5.41) is 49.8. The Morgan fingerprint density at radius 2 is 1.50 bits per heavy atom. The molecule has 0 radical (unpaired) electrons. The van der Waals surface area contributed by atoms with E-state index in [2.05, 4.69) is 43.8 Å². The Kier molecular flexibility index (Phi) is 36.8. The van der Waals surface area contributed by atoms with Crippen molar-refractivity contribution in [2.24, 2.45) is 23.2 Å². The minimum Gasteiger partial charge on any atom is -0.748 e. The number of hydrogen-bond donors (Lipinski definition) is 10. The number of methoxy groups -OCH3 is 2. The molecule has 3 aliphatic heterocycles. The van der Waals surface area contributed by atoms with E-state index in [0.717, 1.165) is 4.90 Å². The quantitative estimate of drug-likeness (QED) is 0.00852. The molecular formula is C69H98ClN8NaO24S. The molecule has 32 nitrogen and oxygen atoms in total. The van der Waals surface area contributed by atoms with Crippen molar-refractivity contribution in [2.75, 3.05) is 59.3 Å². The number of benzene rings is 2. The molecule has 5 rings (SSSR count). The molecule has 0 bridgehead atoms. The van der Waals surface area contributed by atoms with Crippen LogP contribution in [0.5, 0.6) is 5.75 Å². The molecule has 572 valence electrons. The van der Waals surface area contributed by atoms with Crippen LogP contribution in [0.1, 0.15) is 123 Å². The van der Waals surface area contributed by atoms with Crippen LogP contribution in [0.25, 0.3) is 0 Å². The van der Waals surface area contributed by atoms with Gasteiger partial charge < -0.3 is 95.1 Å². The number of esters is 3. The van der Waals surface area contributed by atoms with Crippen molar-refractivity contribution in [3.63, 3.8) is 0 Å². The Balaban J connectivity index is 0.0000229. The Bertz CT molecular complexity index is 3440. The van der Waals surface area contributed by atoms with Crippen LogP contribution < -0.4 is 71.5 Å².